The molecule has 1 atom stereocenters. The molecule has 0 radical (unpaired) electrons. The Bertz CT molecular complexity index is 632. The van der Waals surface area contributed by atoms with Gasteiger partial charge in [0.05, 0.1) is 18.8 Å². The predicted octanol–water partition coefficient (Wildman–Crippen LogP) is 2.02. The fourth-order valence-corrected chi connectivity index (χ4v) is 2.67. The summed E-state index contributed by atoms with van der Waals surface area (Å²) in [6, 6.07) is 3.48. The van der Waals surface area contributed by atoms with Crippen LogP contribution in [-0.4, -0.2) is 40.4 Å². The first kappa shape index (κ1) is 14.0. The van der Waals surface area contributed by atoms with Crippen molar-refractivity contribution in [2.75, 3.05) is 13.7 Å². The molecule has 1 aliphatic heterocycles. The van der Waals surface area contributed by atoms with Gasteiger partial charge in [0.2, 0.25) is 0 Å². The summed E-state index contributed by atoms with van der Waals surface area (Å²) in [5.74, 6) is 0.497. The summed E-state index contributed by atoms with van der Waals surface area (Å²) in [5, 5.41) is 8.34. The highest BCUT2D eigenvalue weighted by Crippen LogP contribution is 2.18. The first-order valence-corrected chi connectivity index (χ1v) is 7.31. The van der Waals surface area contributed by atoms with Crippen molar-refractivity contribution in [1.29, 1.82) is 0 Å². The molecule has 1 unspecified atom stereocenters. The largest absolute Gasteiger partial charge is 0.465 e. The molecule has 2 aromatic rings. The molecule has 3 heterocycles. The van der Waals surface area contributed by atoms with Gasteiger partial charge in [-0.25, -0.2) is 4.79 Å². The number of ether oxygens (including phenoxy) is 2. The summed E-state index contributed by atoms with van der Waals surface area (Å²) in [6.07, 6.45) is 7.28. The molecule has 0 aromatic carbocycles. The molecule has 1 fully saturated rings. The standard InChI is InChI=1S/C15H19N3O3/c1-20-15(19)11-5-7-13-16-17-14(18(13)10-11)8-6-12-4-2-3-9-21-12/h5,7,10,12H,2-4,6,8-9H2,1H3. The van der Waals surface area contributed by atoms with E-state index in [0.29, 0.717) is 11.7 Å². The molecule has 0 spiro atoms. The molecule has 112 valence electrons. The van der Waals surface area contributed by atoms with Crippen LogP contribution in [0.4, 0.5) is 0 Å². The van der Waals surface area contributed by atoms with Crippen LogP contribution in [0, 0.1) is 0 Å². The van der Waals surface area contributed by atoms with Crippen molar-refractivity contribution in [3.8, 4) is 0 Å². The van der Waals surface area contributed by atoms with Crippen LogP contribution < -0.4 is 0 Å². The van der Waals surface area contributed by atoms with Crippen molar-refractivity contribution < 1.29 is 14.3 Å². The molecule has 3 rings (SSSR count). The van der Waals surface area contributed by atoms with E-state index in [0.717, 1.165) is 43.8 Å². The zero-order valence-corrected chi connectivity index (χ0v) is 12.1. The van der Waals surface area contributed by atoms with Gasteiger partial charge in [-0.15, -0.1) is 10.2 Å². The van der Waals surface area contributed by atoms with Crippen LogP contribution in [0.5, 0.6) is 0 Å². The lowest BCUT2D eigenvalue weighted by molar-refractivity contribution is 0.0112. The number of fused-ring (bicyclic) bond motifs is 1. The minimum atomic E-state index is -0.354. The number of hydrogen-bond donors (Lipinski definition) is 0. The molecule has 1 aliphatic rings. The van der Waals surface area contributed by atoms with E-state index in [-0.39, 0.29) is 5.97 Å². The molecule has 21 heavy (non-hydrogen) atoms. The number of carbonyl (C=O) groups excluding carboxylic acids is 1. The maximum Gasteiger partial charge on any atom is 0.339 e. The average Bonchev–Trinajstić information content (AvgIpc) is 2.95. The lowest BCUT2D eigenvalue weighted by atomic mass is 10.0. The highest BCUT2D eigenvalue weighted by molar-refractivity contribution is 5.89. The zero-order chi connectivity index (χ0) is 14.7. The Morgan fingerprint density at radius 3 is 3.10 bits per heavy atom. The van der Waals surface area contributed by atoms with Crippen molar-refractivity contribution >= 4 is 11.6 Å². The Hall–Kier alpha value is -1.95. The summed E-state index contributed by atoms with van der Waals surface area (Å²) in [6.45, 7) is 0.859. The van der Waals surface area contributed by atoms with Gasteiger partial charge in [-0.3, -0.25) is 4.40 Å². The Balaban J connectivity index is 1.76. The minimum Gasteiger partial charge on any atom is -0.465 e. The Labute approximate surface area is 123 Å². The van der Waals surface area contributed by atoms with Crippen LogP contribution in [0.15, 0.2) is 18.3 Å². The third-order valence-electron chi connectivity index (χ3n) is 3.86. The van der Waals surface area contributed by atoms with Gasteiger partial charge in [-0.05, 0) is 37.8 Å². The summed E-state index contributed by atoms with van der Waals surface area (Å²) >= 11 is 0. The van der Waals surface area contributed by atoms with E-state index in [1.165, 1.54) is 13.5 Å². The SMILES string of the molecule is COC(=O)c1ccc2nnc(CCC3CCCCO3)n2c1. The molecular weight excluding hydrogens is 270 g/mol. The van der Waals surface area contributed by atoms with Crippen LogP contribution in [0.2, 0.25) is 0 Å². The molecule has 6 heteroatoms. The van der Waals surface area contributed by atoms with Crippen LogP contribution in [0.3, 0.4) is 0 Å². The maximum atomic E-state index is 11.6. The third kappa shape index (κ3) is 3.05. The zero-order valence-electron chi connectivity index (χ0n) is 12.1. The van der Waals surface area contributed by atoms with Gasteiger partial charge in [-0.1, -0.05) is 0 Å². The van der Waals surface area contributed by atoms with Crippen molar-refractivity contribution in [2.45, 2.75) is 38.2 Å². The van der Waals surface area contributed by atoms with Crippen molar-refractivity contribution in [2.24, 2.45) is 0 Å². The number of methoxy groups -OCH3 is 1. The van der Waals surface area contributed by atoms with Gasteiger partial charge in [0.25, 0.3) is 0 Å². The first-order chi connectivity index (χ1) is 10.3. The average molecular weight is 289 g/mol. The molecule has 0 aliphatic carbocycles. The number of carbonyl (C=O) groups is 1. The second-order valence-corrected chi connectivity index (χ2v) is 5.28. The third-order valence-corrected chi connectivity index (χ3v) is 3.86. The quantitative estimate of drug-likeness (QED) is 0.806. The molecule has 0 amide bonds. The second kappa shape index (κ2) is 6.22. The maximum absolute atomic E-state index is 11.6. The molecular formula is C15H19N3O3. The predicted molar refractivity (Wildman–Crippen MR) is 76.2 cm³/mol. The topological polar surface area (TPSA) is 65.7 Å². The van der Waals surface area contributed by atoms with E-state index in [2.05, 4.69) is 10.2 Å². The van der Waals surface area contributed by atoms with E-state index in [9.17, 15) is 4.79 Å². The van der Waals surface area contributed by atoms with E-state index in [1.54, 1.807) is 18.3 Å². The number of aromatic nitrogens is 3. The Morgan fingerprint density at radius 2 is 2.33 bits per heavy atom. The van der Waals surface area contributed by atoms with Crippen LogP contribution in [-0.2, 0) is 15.9 Å². The van der Waals surface area contributed by atoms with Crippen LogP contribution >= 0.6 is 0 Å². The van der Waals surface area contributed by atoms with Crippen LogP contribution in [0.25, 0.3) is 5.65 Å². The lowest BCUT2D eigenvalue weighted by Gasteiger charge is -2.22. The van der Waals surface area contributed by atoms with Gasteiger partial charge in [0.1, 0.15) is 5.82 Å². The summed E-state index contributed by atoms with van der Waals surface area (Å²) < 4.78 is 12.3. The Kier molecular flexibility index (Phi) is 4.15. The minimum absolute atomic E-state index is 0.315. The summed E-state index contributed by atoms with van der Waals surface area (Å²) in [4.78, 5) is 11.6. The van der Waals surface area contributed by atoms with E-state index < -0.39 is 0 Å². The number of aryl methyl sites for hydroxylation is 1. The molecule has 0 saturated carbocycles. The molecule has 2 aromatic heterocycles. The second-order valence-electron chi connectivity index (χ2n) is 5.28. The first-order valence-electron chi connectivity index (χ1n) is 7.31. The van der Waals surface area contributed by atoms with Gasteiger partial charge < -0.3 is 9.47 Å². The summed E-state index contributed by atoms with van der Waals surface area (Å²) in [5.41, 5.74) is 1.24. The molecule has 1 saturated heterocycles. The monoisotopic (exact) mass is 289 g/mol. The van der Waals surface area contributed by atoms with Crippen molar-refractivity contribution in [1.82, 2.24) is 14.6 Å². The van der Waals surface area contributed by atoms with E-state index in [4.69, 9.17) is 9.47 Å². The van der Waals surface area contributed by atoms with Gasteiger partial charge in [-0.2, -0.15) is 0 Å². The highest BCUT2D eigenvalue weighted by Gasteiger charge is 2.16. The van der Waals surface area contributed by atoms with Gasteiger partial charge in [0.15, 0.2) is 5.65 Å². The van der Waals surface area contributed by atoms with Crippen LogP contribution in [0.1, 0.15) is 41.9 Å². The fourth-order valence-electron chi connectivity index (χ4n) is 2.67. The fraction of sp³-hybridized carbons (Fsp3) is 0.533. The number of hydrogen-bond acceptors (Lipinski definition) is 5. The lowest BCUT2D eigenvalue weighted by Crippen LogP contribution is -2.20. The normalized spacial score (nSPS) is 18.8. The molecule has 0 bridgehead atoms. The Morgan fingerprint density at radius 1 is 1.43 bits per heavy atom. The van der Waals surface area contributed by atoms with Gasteiger partial charge >= 0.3 is 5.97 Å². The number of esters is 1. The number of nitrogens with zero attached hydrogens (tertiary/aromatic N) is 3. The molecule has 0 N–H and O–H groups in total. The summed E-state index contributed by atoms with van der Waals surface area (Å²) in [7, 11) is 1.38. The van der Waals surface area contributed by atoms with E-state index >= 15 is 0 Å². The molecule has 6 nitrogen and oxygen atoms in total. The highest BCUT2D eigenvalue weighted by atomic mass is 16.5. The number of pyridine rings is 1. The van der Waals surface area contributed by atoms with Gasteiger partial charge in [0, 0.05) is 19.2 Å². The van der Waals surface area contributed by atoms with E-state index in [1.807, 2.05) is 4.40 Å². The smallest absolute Gasteiger partial charge is 0.339 e. The van der Waals surface area contributed by atoms with Crippen molar-refractivity contribution in [3.63, 3.8) is 0 Å². The van der Waals surface area contributed by atoms with Crippen molar-refractivity contribution in [3.05, 3.63) is 29.7 Å². The number of rotatable bonds is 4.